The second-order valence-corrected chi connectivity index (χ2v) is 5.69. The zero-order valence-electron chi connectivity index (χ0n) is 11.6. The minimum absolute atomic E-state index is 0.190. The predicted octanol–water partition coefficient (Wildman–Crippen LogP) is 2.86. The SMILES string of the molecule is C=C(Br)C(=O)Nc1ccc2c(c1)C(=O)C(=O)N2CCCC. The fourth-order valence-corrected chi connectivity index (χ4v) is 2.21. The van der Waals surface area contributed by atoms with Crippen molar-refractivity contribution in [3.05, 3.63) is 34.8 Å². The van der Waals surface area contributed by atoms with Crippen molar-refractivity contribution in [2.75, 3.05) is 16.8 Å². The van der Waals surface area contributed by atoms with E-state index in [0.29, 0.717) is 23.5 Å². The van der Waals surface area contributed by atoms with Crippen molar-refractivity contribution in [2.24, 2.45) is 0 Å². The van der Waals surface area contributed by atoms with Gasteiger partial charge in [-0.25, -0.2) is 0 Å². The van der Waals surface area contributed by atoms with Crippen LogP contribution in [0.15, 0.2) is 29.3 Å². The number of ketones is 1. The maximum atomic E-state index is 12.0. The van der Waals surface area contributed by atoms with E-state index in [9.17, 15) is 14.4 Å². The molecular formula is C15H15BrN2O3. The van der Waals surface area contributed by atoms with Crippen LogP contribution >= 0.6 is 15.9 Å². The Morgan fingerprint density at radius 3 is 2.71 bits per heavy atom. The monoisotopic (exact) mass is 350 g/mol. The molecule has 110 valence electrons. The van der Waals surface area contributed by atoms with Gasteiger partial charge in [-0.1, -0.05) is 19.9 Å². The highest BCUT2D eigenvalue weighted by Gasteiger charge is 2.35. The summed E-state index contributed by atoms with van der Waals surface area (Å²) in [5.41, 5.74) is 1.39. The Morgan fingerprint density at radius 2 is 2.10 bits per heavy atom. The van der Waals surface area contributed by atoms with Gasteiger partial charge in [0.05, 0.1) is 15.7 Å². The van der Waals surface area contributed by atoms with E-state index in [1.54, 1.807) is 12.1 Å². The van der Waals surface area contributed by atoms with E-state index in [2.05, 4.69) is 27.8 Å². The van der Waals surface area contributed by atoms with E-state index in [1.807, 2.05) is 6.92 Å². The number of fused-ring (bicyclic) bond motifs is 1. The third-order valence-electron chi connectivity index (χ3n) is 3.21. The molecule has 0 aliphatic carbocycles. The first-order chi connectivity index (χ1) is 9.95. The van der Waals surface area contributed by atoms with Crippen LogP contribution in [0.1, 0.15) is 30.1 Å². The average Bonchev–Trinajstić information content (AvgIpc) is 2.69. The number of hydrogen-bond acceptors (Lipinski definition) is 3. The highest BCUT2D eigenvalue weighted by Crippen LogP contribution is 2.31. The Morgan fingerprint density at radius 1 is 1.38 bits per heavy atom. The number of amides is 2. The van der Waals surface area contributed by atoms with Gasteiger partial charge >= 0.3 is 0 Å². The fourth-order valence-electron chi connectivity index (χ4n) is 2.12. The van der Waals surface area contributed by atoms with Gasteiger partial charge in [0.2, 0.25) is 0 Å². The minimum Gasteiger partial charge on any atom is -0.322 e. The van der Waals surface area contributed by atoms with Crippen molar-refractivity contribution in [3.8, 4) is 0 Å². The van der Waals surface area contributed by atoms with E-state index in [-0.39, 0.29) is 4.48 Å². The standard InChI is InChI=1S/C15H15BrN2O3/c1-3-4-7-18-12-6-5-10(17-14(20)9(2)16)8-11(12)13(19)15(18)21/h5-6,8H,2-4,7H2,1H3,(H,17,20). The van der Waals surface area contributed by atoms with Crippen LogP contribution in [0.25, 0.3) is 0 Å². The molecule has 0 radical (unpaired) electrons. The topological polar surface area (TPSA) is 66.5 Å². The van der Waals surface area contributed by atoms with Crippen LogP contribution in [0.2, 0.25) is 0 Å². The number of carbonyl (C=O) groups is 3. The Hall–Kier alpha value is -1.95. The first-order valence-electron chi connectivity index (χ1n) is 6.61. The molecule has 1 aliphatic rings. The van der Waals surface area contributed by atoms with E-state index in [0.717, 1.165) is 12.8 Å². The Bertz CT molecular complexity index is 640. The van der Waals surface area contributed by atoms with E-state index >= 15 is 0 Å². The summed E-state index contributed by atoms with van der Waals surface area (Å²) in [4.78, 5) is 37.0. The first-order valence-corrected chi connectivity index (χ1v) is 7.41. The number of hydrogen-bond donors (Lipinski definition) is 1. The van der Waals surface area contributed by atoms with Crippen molar-refractivity contribution in [2.45, 2.75) is 19.8 Å². The smallest absolute Gasteiger partial charge is 0.299 e. The molecule has 1 N–H and O–H groups in total. The summed E-state index contributed by atoms with van der Waals surface area (Å²) in [6, 6.07) is 4.87. The lowest BCUT2D eigenvalue weighted by Crippen LogP contribution is -2.30. The quantitative estimate of drug-likeness (QED) is 0.655. The normalized spacial score (nSPS) is 13.3. The van der Waals surface area contributed by atoms with Crippen molar-refractivity contribution in [3.63, 3.8) is 0 Å². The predicted molar refractivity (Wildman–Crippen MR) is 84.7 cm³/mol. The second-order valence-electron chi connectivity index (χ2n) is 4.73. The molecular weight excluding hydrogens is 336 g/mol. The average molecular weight is 351 g/mol. The minimum atomic E-state index is -0.533. The molecule has 0 saturated carbocycles. The van der Waals surface area contributed by atoms with Gasteiger partial charge in [0, 0.05) is 12.2 Å². The molecule has 6 heteroatoms. The maximum Gasteiger partial charge on any atom is 0.299 e. The van der Waals surface area contributed by atoms with Crippen molar-refractivity contribution >= 4 is 44.9 Å². The van der Waals surface area contributed by atoms with Gasteiger partial charge in [-0.15, -0.1) is 0 Å². The Balaban J connectivity index is 2.28. The molecule has 1 aromatic carbocycles. The number of nitrogens with one attached hydrogen (secondary N) is 1. The number of rotatable bonds is 5. The van der Waals surface area contributed by atoms with Crippen LogP contribution in [-0.4, -0.2) is 24.1 Å². The van der Waals surface area contributed by atoms with Gasteiger partial charge in [-0.05, 0) is 40.5 Å². The summed E-state index contributed by atoms with van der Waals surface area (Å²) in [5, 5.41) is 2.60. The first kappa shape index (κ1) is 15.4. The maximum absolute atomic E-state index is 12.0. The Kier molecular flexibility index (Phi) is 4.57. The molecule has 1 aromatic rings. The third kappa shape index (κ3) is 3.05. The summed E-state index contributed by atoms with van der Waals surface area (Å²) < 4.78 is 0.190. The van der Waals surface area contributed by atoms with Crippen molar-refractivity contribution < 1.29 is 14.4 Å². The molecule has 0 aromatic heterocycles. The fraction of sp³-hybridized carbons (Fsp3) is 0.267. The highest BCUT2D eigenvalue weighted by molar-refractivity contribution is 9.12. The second kappa shape index (κ2) is 6.22. The molecule has 5 nitrogen and oxygen atoms in total. The summed E-state index contributed by atoms with van der Waals surface area (Å²) in [6.45, 7) is 6.02. The zero-order valence-corrected chi connectivity index (χ0v) is 13.2. The van der Waals surface area contributed by atoms with Gasteiger partial charge in [0.1, 0.15) is 0 Å². The van der Waals surface area contributed by atoms with E-state index < -0.39 is 17.6 Å². The number of unbranched alkanes of at least 4 members (excludes halogenated alkanes) is 1. The molecule has 1 aliphatic heterocycles. The van der Waals surface area contributed by atoms with Crippen LogP contribution in [0, 0.1) is 0 Å². The molecule has 0 fully saturated rings. The molecule has 2 rings (SSSR count). The molecule has 2 amide bonds. The number of nitrogens with zero attached hydrogens (tertiary/aromatic N) is 1. The molecule has 0 atom stereocenters. The molecule has 0 bridgehead atoms. The summed E-state index contributed by atoms with van der Waals surface area (Å²) in [7, 11) is 0. The van der Waals surface area contributed by atoms with Crippen LogP contribution in [-0.2, 0) is 9.59 Å². The van der Waals surface area contributed by atoms with E-state index in [1.165, 1.54) is 11.0 Å². The lowest BCUT2D eigenvalue weighted by atomic mass is 10.1. The lowest BCUT2D eigenvalue weighted by Gasteiger charge is -2.16. The summed E-state index contributed by atoms with van der Waals surface area (Å²) >= 11 is 2.98. The van der Waals surface area contributed by atoms with Gasteiger partial charge in [-0.2, -0.15) is 0 Å². The number of Topliss-reactive ketones (excluding diaryl/α,β-unsaturated/α-hetero) is 1. The van der Waals surface area contributed by atoms with Gasteiger partial charge < -0.3 is 10.2 Å². The summed E-state index contributed by atoms with van der Waals surface area (Å²) in [6.07, 6.45) is 1.77. The van der Waals surface area contributed by atoms with Crippen LogP contribution < -0.4 is 10.2 Å². The molecule has 0 spiro atoms. The number of benzene rings is 1. The number of carbonyl (C=O) groups excluding carboxylic acids is 3. The molecule has 0 saturated heterocycles. The molecule has 1 heterocycles. The largest absolute Gasteiger partial charge is 0.322 e. The molecule has 0 unspecified atom stereocenters. The number of anilines is 2. The zero-order chi connectivity index (χ0) is 15.6. The van der Waals surface area contributed by atoms with Gasteiger partial charge in [-0.3, -0.25) is 14.4 Å². The highest BCUT2D eigenvalue weighted by atomic mass is 79.9. The van der Waals surface area contributed by atoms with E-state index in [4.69, 9.17) is 0 Å². The van der Waals surface area contributed by atoms with Crippen LogP contribution in [0.5, 0.6) is 0 Å². The third-order valence-corrected chi connectivity index (χ3v) is 3.57. The molecule has 21 heavy (non-hydrogen) atoms. The van der Waals surface area contributed by atoms with Crippen LogP contribution in [0.3, 0.4) is 0 Å². The van der Waals surface area contributed by atoms with Crippen molar-refractivity contribution in [1.82, 2.24) is 0 Å². The Labute approximate surface area is 131 Å². The van der Waals surface area contributed by atoms with Gasteiger partial charge in [0.25, 0.3) is 17.6 Å². The van der Waals surface area contributed by atoms with Crippen molar-refractivity contribution in [1.29, 1.82) is 0 Å². The number of halogens is 1. The summed E-state index contributed by atoms with van der Waals surface area (Å²) in [5.74, 6) is -1.43. The lowest BCUT2D eigenvalue weighted by molar-refractivity contribution is -0.114. The van der Waals surface area contributed by atoms with Gasteiger partial charge in [0.15, 0.2) is 0 Å². The van der Waals surface area contributed by atoms with Crippen LogP contribution in [0.4, 0.5) is 11.4 Å².